The zero-order chi connectivity index (χ0) is 10.6. The van der Waals surface area contributed by atoms with Crippen molar-refractivity contribution in [2.75, 3.05) is 14.2 Å². The fourth-order valence-electron chi connectivity index (χ4n) is 1.20. The molecule has 0 radical (unpaired) electrons. The lowest BCUT2D eigenvalue weighted by Gasteiger charge is -2.09. The number of hydrogen-bond donors (Lipinski definition) is 2. The maximum atomic E-state index is 7.19. The molecule has 14 heavy (non-hydrogen) atoms. The molecule has 3 N–H and O–H groups in total. The van der Waals surface area contributed by atoms with Crippen molar-refractivity contribution in [3.05, 3.63) is 23.8 Å². The standard InChI is InChI=1S/C10H14N2O2/c1-13-8-4-3-7(5-10(11)12)9(6-8)14-2/h3-4,6H,5H2,1-2H3,(H3,11,12). The first-order valence-electron chi connectivity index (χ1n) is 4.21. The predicted octanol–water partition coefficient (Wildman–Crippen LogP) is 1.18. The predicted molar refractivity (Wildman–Crippen MR) is 55.2 cm³/mol. The summed E-state index contributed by atoms with van der Waals surface area (Å²) in [5.41, 5.74) is 6.20. The molecule has 0 spiro atoms. The topological polar surface area (TPSA) is 68.3 Å². The lowest BCUT2D eigenvalue weighted by molar-refractivity contribution is 0.392. The van der Waals surface area contributed by atoms with Gasteiger partial charge in [-0.2, -0.15) is 0 Å². The lowest BCUT2D eigenvalue weighted by atomic mass is 10.1. The second-order valence-electron chi connectivity index (χ2n) is 2.88. The van der Waals surface area contributed by atoms with Crippen molar-refractivity contribution in [3.8, 4) is 11.5 Å². The SMILES string of the molecule is COc1ccc(CC(=N)N)c(OC)c1. The number of nitrogens with one attached hydrogen (secondary N) is 1. The third-order valence-corrected chi connectivity index (χ3v) is 1.88. The van der Waals surface area contributed by atoms with Crippen LogP contribution in [0.5, 0.6) is 11.5 Å². The second kappa shape index (κ2) is 4.50. The Morgan fingerprint density at radius 3 is 2.57 bits per heavy atom. The lowest BCUT2D eigenvalue weighted by Crippen LogP contribution is -2.13. The maximum absolute atomic E-state index is 7.19. The molecule has 1 aromatic rings. The van der Waals surface area contributed by atoms with Gasteiger partial charge in [0, 0.05) is 18.1 Å². The van der Waals surface area contributed by atoms with Crippen molar-refractivity contribution >= 4 is 5.84 Å². The molecule has 0 bridgehead atoms. The molecule has 1 rings (SSSR count). The minimum atomic E-state index is 0.119. The van der Waals surface area contributed by atoms with Crippen LogP contribution < -0.4 is 15.2 Å². The van der Waals surface area contributed by atoms with Crippen molar-refractivity contribution in [2.24, 2.45) is 5.73 Å². The number of hydrogen-bond acceptors (Lipinski definition) is 3. The fourth-order valence-corrected chi connectivity index (χ4v) is 1.20. The van der Waals surface area contributed by atoms with E-state index in [9.17, 15) is 0 Å². The van der Waals surface area contributed by atoms with Crippen LogP contribution in [0.3, 0.4) is 0 Å². The number of nitrogens with two attached hydrogens (primary N) is 1. The molecule has 1 aromatic carbocycles. The molecule has 0 aliphatic rings. The number of rotatable bonds is 4. The highest BCUT2D eigenvalue weighted by Crippen LogP contribution is 2.24. The van der Waals surface area contributed by atoms with Crippen LogP contribution >= 0.6 is 0 Å². The van der Waals surface area contributed by atoms with Crippen LogP contribution in [0, 0.1) is 5.41 Å². The van der Waals surface area contributed by atoms with Gasteiger partial charge in [-0.1, -0.05) is 6.07 Å². The Labute approximate surface area is 83.1 Å². The van der Waals surface area contributed by atoms with Crippen LogP contribution in [0.1, 0.15) is 5.56 Å². The first-order valence-corrected chi connectivity index (χ1v) is 4.21. The van der Waals surface area contributed by atoms with Crippen LogP contribution in [0.4, 0.5) is 0 Å². The quantitative estimate of drug-likeness (QED) is 0.558. The summed E-state index contributed by atoms with van der Waals surface area (Å²) in [5.74, 6) is 1.54. The highest BCUT2D eigenvalue weighted by molar-refractivity contribution is 5.80. The van der Waals surface area contributed by atoms with Crippen molar-refractivity contribution in [1.82, 2.24) is 0 Å². The summed E-state index contributed by atoms with van der Waals surface area (Å²) < 4.78 is 10.2. The average molecular weight is 194 g/mol. The van der Waals surface area contributed by atoms with E-state index in [1.807, 2.05) is 12.1 Å². The fraction of sp³-hybridized carbons (Fsp3) is 0.300. The third kappa shape index (κ3) is 2.39. The van der Waals surface area contributed by atoms with Gasteiger partial charge in [-0.05, 0) is 6.07 Å². The van der Waals surface area contributed by atoms with E-state index < -0.39 is 0 Å². The molecule has 0 unspecified atom stereocenters. The average Bonchev–Trinajstić information content (AvgIpc) is 2.17. The smallest absolute Gasteiger partial charge is 0.126 e. The van der Waals surface area contributed by atoms with E-state index >= 15 is 0 Å². The molecule has 0 fully saturated rings. The largest absolute Gasteiger partial charge is 0.497 e. The van der Waals surface area contributed by atoms with Gasteiger partial charge >= 0.3 is 0 Å². The zero-order valence-electron chi connectivity index (χ0n) is 8.33. The molecule has 0 atom stereocenters. The van der Waals surface area contributed by atoms with Crippen LogP contribution in [-0.4, -0.2) is 20.1 Å². The minimum Gasteiger partial charge on any atom is -0.497 e. The number of methoxy groups -OCH3 is 2. The highest BCUT2D eigenvalue weighted by atomic mass is 16.5. The number of benzene rings is 1. The third-order valence-electron chi connectivity index (χ3n) is 1.88. The molecule has 4 nitrogen and oxygen atoms in total. The van der Waals surface area contributed by atoms with E-state index in [0.29, 0.717) is 12.2 Å². The summed E-state index contributed by atoms with van der Waals surface area (Å²) in [7, 11) is 3.18. The summed E-state index contributed by atoms with van der Waals surface area (Å²) in [4.78, 5) is 0. The van der Waals surface area contributed by atoms with Crippen LogP contribution in [0.15, 0.2) is 18.2 Å². The van der Waals surface area contributed by atoms with Gasteiger partial charge in [0.2, 0.25) is 0 Å². The summed E-state index contributed by atoms with van der Waals surface area (Å²) in [6, 6.07) is 5.44. The van der Waals surface area contributed by atoms with Gasteiger partial charge in [0.25, 0.3) is 0 Å². The Kier molecular flexibility index (Phi) is 3.34. The molecular weight excluding hydrogens is 180 g/mol. The van der Waals surface area contributed by atoms with Crippen molar-refractivity contribution in [2.45, 2.75) is 6.42 Å². The summed E-state index contributed by atoms with van der Waals surface area (Å²) >= 11 is 0. The van der Waals surface area contributed by atoms with Crippen LogP contribution in [0.25, 0.3) is 0 Å². The Hall–Kier alpha value is -1.71. The highest BCUT2D eigenvalue weighted by Gasteiger charge is 2.05. The first kappa shape index (κ1) is 10.4. The summed E-state index contributed by atoms with van der Waals surface area (Å²) in [5, 5.41) is 7.19. The summed E-state index contributed by atoms with van der Waals surface area (Å²) in [6.07, 6.45) is 0.396. The van der Waals surface area contributed by atoms with E-state index in [0.717, 1.165) is 11.3 Å². The van der Waals surface area contributed by atoms with Crippen molar-refractivity contribution in [3.63, 3.8) is 0 Å². The van der Waals surface area contributed by atoms with Gasteiger partial charge in [0.15, 0.2) is 0 Å². The van der Waals surface area contributed by atoms with E-state index in [4.69, 9.17) is 20.6 Å². The molecular formula is C10H14N2O2. The van der Waals surface area contributed by atoms with Gasteiger partial charge < -0.3 is 15.2 Å². The van der Waals surface area contributed by atoms with E-state index in [1.54, 1.807) is 20.3 Å². The van der Waals surface area contributed by atoms with Gasteiger partial charge in [-0.15, -0.1) is 0 Å². The zero-order valence-corrected chi connectivity index (χ0v) is 8.33. The van der Waals surface area contributed by atoms with Crippen LogP contribution in [-0.2, 0) is 6.42 Å². The minimum absolute atomic E-state index is 0.119. The van der Waals surface area contributed by atoms with E-state index in [1.165, 1.54) is 0 Å². The van der Waals surface area contributed by atoms with Gasteiger partial charge in [0.05, 0.1) is 20.1 Å². The van der Waals surface area contributed by atoms with Gasteiger partial charge in [0.1, 0.15) is 11.5 Å². The van der Waals surface area contributed by atoms with Gasteiger partial charge in [-0.25, -0.2) is 0 Å². The Morgan fingerprint density at radius 1 is 1.36 bits per heavy atom. The Bertz CT molecular complexity index is 337. The van der Waals surface area contributed by atoms with Crippen molar-refractivity contribution in [1.29, 1.82) is 5.41 Å². The molecule has 0 aromatic heterocycles. The summed E-state index contributed by atoms with van der Waals surface area (Å²) in [6.45, 7) is 0. The normalized spacial score (nSPS) is 9.57. The van der Waals surface area contributed by atoms with Crippen molar-refractivity contribution < 1.29 is 9.47 Å². The van der Waals surface area contributed by atoms with Gasteiger partial charge in [-0.3, -0.25) is 5.41 Å². The number of ether oxygens (including phenoxy) is 2. The molecule has 4 heteroatoms. The maximum Gasteiger partial charge on any atom is 0.126 e. The number of amidine groups is 1. The molecule has 0 amide bonds. The molecule has 76 valence electrons. The molecule has 0 saturated heterocycles. The Balaban J connectivity index is 2.98. The molecule has 0 aliphatic heterocycles. The first-order chi connectivity index (χ1) is 6.67. The van der Waals surface area contributed by atoms with Crippen LogP contribution in [0.2, 0.25) is 0 Å². The monoisotopic (exact) mass is 194 g/mol. The van der Waals surface area contributed by atoms with E-state index in [-0.39, 0.29) is 5.84 Å². The molecule has 0 heterocycles. The molecule has 0 saturated carbocycles. The van der Waals surface area contributed by atoms with E-state index in [2.05, 4.69) is 0 Å². The Morgan fingerprint density at radius 2 is 2.07 bits per heavy atom. The molecule has 0 aliphatic carbocycles. The second-order valence-corrected chi connectivity index (χ2v) is 2.88.